The van der Waals surface area contributed by atoms with E-state index >= 15 is 0 Å². The summed E-state index contributed by atoms with van der Waals surface area (Å²) in [4.78, 5) is 28.3. The highest BCUT2D eigenvalue weighted by atomic mass is 79.9. The van der Waals surface area contributed by atoms with Crippen LogP contribution in [0.25, 0.3) is 0 Å². The summed E-state index contributed by atoms with van der Waals surface area (Å²) < 4.78 is 6.39. The second-order valence-electron chi connectivity index (χ2n) is 8.41. The van der Waals surface area contributed by atoms with Crippen LogP contribution in [0, 0.1) is 0 Å². The smallest absolute Gasteiger partial charge is 0.243 e. The first-order valence-corrected chi connectivity index (χ1v) is 13.5. The topological polar surface area (TPSA) is 58.6 Å². The highest BCUT2D eigenvalue weighted by molar-refractivity contribution is 9.10. The summed E-state index contributed by atoms with van der Waals surface area (Å²) in [5, 5.41) is 3.19. The van der Waals surface area contributed by atoms with E-state index in [4.69, 9.17) is 4.74 Å². The molecule has 0 bridgehead atoms. The summed E-state index contributed by atoms with van der Waals surface area (Å²) in [6.45, 7) is 2.35. The maximum absolute atomic E-state index is 13.4. The Morgan fingerprint density at radius 2 is 1.88 bits per heavy atom. The molecule has 2 aromatic rings. The minimum Gasteiger partial charge on any atom is -0.497 e. The first-order chi connectivity index (χ1) is 16.0. The molecule has 2 amide bonds. The lowest BCUT2D eigenvalue weighted by Gasteiger charge is -2.31. The van der Waals surface area contributed by atoms with Crippen molar-refractivity contribution >= 4 is 39.5 Å². The Labute approximate surface area is 209 Å². The van der Waals surface area contributed by atoms with Crippen LogP contribution in [0.2, 0.25) is 0 Å². The van der Waals surface area contributed by atoms with Crippen molar-refractivity contribution in [1.82, 2.24) is 10.2 Å². The summed E-state index contributed by atoms with van der Waals surface area (Å²) in [5.41, 5.74) is 2.12. The van der Waals surface area contributed by atoms with E-state index in [9.17, 15) is 9.59 Å². The number of rotatable bonds is 11. The van der Waals surface area contributed by atoms with Gasteiger partial charge in [0.15, 0.2) is 0 Å². The summed E-state index contributed by atoms with van der Waals surface area (Å²) in [6, 6.07) is 15.6. The molecule has 1 N–H and O–H groups in total. The van der Waals surface area contributed by atoms with Gasteiger partial charge in [-0.05, 0) is 54.7 Å². The molecule has 3 rings (SSSR count). The zero-order chi connectivity index (χ0) is 23.6. The molecule has 0 spiro atoms. The maximum Gasteiger partial charge on any atom is 0.243 e. The number of methoxy groups -OCH3 is 1. The fourth-order valence-electron chi connectivity index (χ4n) is 4.17. The third-order valence-corrected chi connectivity index (χ3v) is 7.50. The van der Waals surface area contributed by atoms with Gasteiger partial charge in [-0.1, -0.05) is 60.0 Å². The SMILES string of the molecule is CC[C@@H](C(=O)NC1CCCC1)N(Cc1cccc(OC)c1)C(=O)CSCc1ccc(Br)cc1. The van der Waals surface area contributed by atoms with Crippen molar-refractivity contribution in [2.24, 2.45) is 0 Å². The predicted molar refractivity (Wildman–Crippen MR) is 138 cm³/mol. The number of nitrogens with zero attached hydrogens (tertiary/aromatic N) is 1. The number of halogens is 1. The zero-order valence-corrected chi connectivity index (χ0v) is 21.8. The first-order valence-electron chi connectivity index (χ1n) is 11.5. The Bertz CT molecular complexity index is 916. The van der Waals surface area contributed by atoms with Gasteiger partial charge in [0.05, 0.1) is 12.9 Å². The van der Waals surface area contributed by atoms with Crippen molar-refractivity contribution < 1.29 is 14.3 Å². The van der Waals surface area contributed by atoms with Crippen LogP contribution in [0.5, 0.6) is 5.75 Å². The van der Waals surface area contributed by atoms with E-state index in [-0.39, 0.29) is 17.9 Å². The fraction of sp³-hybridized carbons (Fsp3) is 0.462. The van der Waals surface area contributed by atoms with Crippen molar-refractivity contribution in [3.05, 3.63) is 64.1 Å². The molecule has 1 aliphatic carbocycles. The molecule has 0 aromatic heterocycles. The van der Waals surface area contributed by atoms with Crippen LogP contribution in [0.1, 0.15) is 50.2 Å². The van der Waals surface area contributed by atoms with Crippen LogP contribution < -0.4 is 10.1 Å². The molecule has 2 aromatic carbocycles. The van der Waals surface area contributed by atoms with E-state index < -0.39 is 6.04 Å². The molecule has 0 saturated heterocycles. The lowest BCUT2D eigenvalue weighted by Crippen LogP contribution is -2.51. The van der Waals surface area contributed by atoms with Crippen molar-refractivity contribution in [3.8, 4) is 5.75 Å². The lowest BCUT2D eigenvalue weighted by molar-refractivity contribution is -0.139. The molecule has 1 saturated carbocycles. The second kappa shape index (κ2) is 13.0. The number of nitrogens with one attached hydrogen (secondary N) is 1. The van der Waals surface area contributed by atoms with Crippen molar-refractivity contribution in [2.45, 2.75) is 63.4 Å². The Balaban J connectivity index is 1.71. The monoisotopic (exact) mass is 532 g/mol. The predicted octanol–water partition coefficient (Wildman–Crippen LogP) is 5.56. The van der Waals surface area contributed by atoms with E-state index in [1.807, 2.05) is 43.3 Å². The van der Waals surface area contributed by atoms with E-state index in [2.05, 4.69) is 33.4 Å². The van der Waals surface area contributed by atoms with Gasteiger partial charge in [-0.25, -0.2) is 0 Å². The molecule has 0 aliphatic heterocycles. The van der Waals surface area contributed by atoms with E-state index in [1.54, 1.807) is 23.8 Å². The van der Waals surface area contributed by atoms with Crippen molar-refractivity contribution in [2.75, 3.05) is 12.9 Å². The maximum atomic E-state index is 13.4. The van der Waals surface area contributed by atoms with Gasteiger partial charge in [0.2, 0.25) is 11.8 Å². The normalized spacial score (nSPS) is 14.6. The molecule has 7 heteroatoms. The summed E-state index contributed by atoms with van der Waals surface area (Å²) in [6.07, 6.45) is 4.93. The van der Waals surface area contributed by atoms with Gasteiger partial charge in [-0.2, -0.15) is 0 Å². The fourth-order valence-corrected chi connectivity index (χ4v) is 5.31. The van der Waals surface area contributed by atoms with Gasteiger partial charge < -0.3 is 15.0 Å². The minimum absolute atomic E-state index is 0.0200. The number of ether oxygens (including phenoxy) is 1. The minimum atomic E-state index is -0.488. The second-order valence-corrected chi connectivity index (χ2v) is 10.3. The Morgan fingerprint density at radius 3 is 2.55 bits per heavy atom. The lowest BCUT2D eigenvalue weighted by atomic mass is 10.1. The molecule has 0 heterocycles. The van der Waals surface area contributed by atoms with E-state index in [0.29, 0.717) is 18.7 Å². The zero-order valence-electron chi connectivity index (χ0n) is 19.4. The number of carbonyl (C=O) groups is 2. The molecule has 33 heavy (non-hydrogen) atoms. The Hall–Kier alpha value is -1.99. The number of benzene rings is 2. The Kier molecular flexibility index (Phi) is 10.1. The molecule has 5 nitrogen and oxygen atoms in total. The van der Waals surface area contributed by atoms with Crippen molar-refractivity contribution in [1.29, 1.82) is 0 Å². The molecular weight excluding hydrogens is 500 g/mol. The van der Waals surface area contributed by atoms with Crippen molar-refractivity contribution in [3.63, 3.8) is 0 Å². The molecular formula is C26H33BrN2O3S. The van der Waals surface area contributed by atoms with Crippen LogP contribution in [-0.2, 0) is 21.9 Å². The highest BCUT2D eigenvalue weighted by Gasteiger charge is 2.30. The molecule has 0 unspecified atom stereocenters. The number of carbonyl (C=O) groups excluding carboxylic acids is 2. The summed E-state index contributed by atoms with van der Waals surface area (Å²) in [5.74, 6) is 1.75. The van der Waals surface area contributed by atoms with Crippen LogP contribution in [0.3, 0.4) is 0 Å². The summed E-state index contributed by atoms with van der Waals surface area (Å²) in [7, 11) is 1.63. The van der Waals surface area contributed by atoms with Crippen LogP contribution in [0.4, 0.5) is 0 Å². The number of thioether (sulfide) groups is 1. The van der Waals surface area contributed by atoms with Gasteiger partial charge in [-0.3, -0.25) is 9.59 Å². The third-order valence-electron chi connectivity index (χ3n) is 5.98. The van der Waals surface area contributed by atoms with Gasteiger partial charge in [-0.15, -0.1) is 11.8 Å². The number of hydrogen-bond acceptors (Lipinski definition) is 4. The standard InChI is InChI=1S/C26H33BrN2O3S/c1-3-24(26(31)28-22-8-4-5-9-22)29(16-20-7-6-10-23(15-20)32-2)25(30)18-33-17-19-11-13-21(27)14-12-19/h6-7,10-15,22,24H,3-5,8-9,16-18H2,1-2H3,(H,28,31)/t24-/m0/s1. The largest absolute Gasteiger partial charge is 0.497 e. The molecule has 178 valence electrons. The molecule has 0 radical (unpaired) electrons. The van der Waals surface area contributed by atoms with Crippen LogP contribution in [0.15, 0.2) is 53.0 Å². The molecule has 1 aliphatic rings. The van der Waals surface area contributed by atoms with E-state index in [1.165, 1.54) is 5.56 Å². The average molecular weight is 534 g/mol. The molecule has 1 fully saturated rings. The first kappa shape index (κ1) is 25.6. The number of hydrogen-bond donors (Lipinski definition) is 1. The van der Waals surface area contributed by atoms with Crippen LogP contribution >= 0.6 is 27.7 Å². The average Bonchev–Trinajstić information content (AvgIpc) is 3.33. The molecule has 1 atom stereocenters. The van der Waals surface area contributed by atoms with Crippen LogP contribution in [-0.4, -0.2) is 41.7 Å². The summed E-state index contributed by atoms with van der Waals surface area (Å²) >= 11 is 5.03. The third kappa shape index (κ3) is 7.78. The van der Waals surface area contributed by atoms with Gasteiger partial charge in [0.1, 0.15) is 11.8 Å². The van der Waals surface area contributed by atoms with E-state index in [0.717, 1.165) is 47.2 Å². The van der Waals surface area contributed by atoms with Gasteiger partial charge >= 0.3 is 0 Å². The van der Waals surface area contributed by atoms with Gasteiger partial charge in [0.25, 0.3) is 0 Å². The highest BCUT2D eigenvalue weighted by Crippen LogP contribution is 2.22. The Morgan fingerprint density at radius 1 is 1.15 bits per heavy atom. The van der Waals surface area contributed by atoms with Gasteiger partial charge in [0, 0.05) is 22.8 Å². The quantitative estimate of drug-likeness (QED) is 0.411. The number of amides is 2.